The zero-order chi connectivity index (χ0) is 16.0. The average Bonchev–Trinajstić information content (AvgIpc) is 2.78. The van der Waals surface area contributed by atoms with Crippen molar-refractivity contribution in [2.75, 3.05) is 0 Å². The van der Waals surface area contributed by atoms with E-state index in [0.29, 0.717) is 6.04 Å². The van der Waals surface area contributed by atoms with E-state index in [2.05, 4.69) is 17.2 Å². The van der Waals surface area contributed by atoms with Gasteiger partial charge in [-0.25, -0.2) is 19.1 Å². The van der Waals surface area contributed by atoms with Gasteiger partial charge in [0.2, 0.25) is 0 Å². The number of carbonyl (C=O) groups is 2. The zero-order valence-corrected chi connectivity index (χ0v) is 12.9. The number of hydrogen-bond acceptors (Lipinski definition) is 4. The Balaban J connectivity index is 0.000000423. The molecule has 1 aliphatic carbocycles. The van der Waals surface area contributed by atoms with Crippen LogP contribution in [0.5, 0.6) is 0 Å². The summed E-state index contributed by atoms with van der Waals surface area (Å²) in [5.74, 6) is 0.750. The van der Waals surface area contributed by atoms with Gasteiger partial charge in [0.1, 0.15) is 11.9 Å². The zero-order valence-electron chi connectivity index (χ0n) is 12.9. The molecule has 0 spiro atoms. The topological polar surface area (TPSA) is 93.5 Å². The molecule has 1 aliphatic rings. The van der Waals surface area contributed by atoms with Gasteiger partial charge in [0.15, 0.2) is 0 Å². The van der Waals surface area contributed by atoms with Crippen LogP contribution in [-0.2, 0) is 4.74 Å². The van der Waals surface area contributed by atoms with Crippen molar-refractivity contribution in [2.24, 2.45) is 5.92 Å². The van der Waals surface area contributed by atoms with E-state index in [9.17, 15) is 9.59 Å². The number of ether oxygens (including phenoxy) is 1. The molecule has 0 atom stereocenters. The van der Waals surface area contributed by atoms with Crippen LogP contribution in [0.3, 0.4) is 0 Å². The van der Waals surface area contributed by atoms with Gasteiger partial charge in [0.05, 0.1) is 0 Å². The van der Waals surface area contributed by atoms with Gasteiger partial charge < -0.3 is 15.2 Å². The quantitative estimate of drug-likeness (QED) is 0.831. The van der Waals surface area contributed by atoms with Crippen LogP contribution in [0.2, 0.25) is 0 Å². The molecule has 0 radical (unpaired) electrons. The molecule has 0 unspecified atom stereocenters. The number of carboxylic acid groups (broad SMARTS) is 1. The van der Waals surface area contributed by atoms with Gasteiger partial charge in [0, 0.05) is 19.9 Å². The van der Waals surface area contributed by atoms with Crippen LogP contribution >= 0.6 is 0 Å². The molecule has 0 aliphatic heterocycles. The normalized spacial score (nSPS) is 20.6. The molecular formula is C14H25N3O4. The van der Waals surface area contributed by atoms with E-state index in [-0.39, 0.29) is 13.1 Å². The Bertz CT molecular complexity index is 465. The fourth-order valence-corrected chi connectivity index (χ4v) is 1.87. The number of hydrogen-bond donors (Lipinski definition) is 2. The first-order valence-electron chi connectivity index (χ1n) is 6.88. The third kappa shape index (κ3) is 6.78. The van der Waals surface area contributed by atoms with Gasteiger partial charge in [-0.3, -0.25) is 0 Å². The van der Waals surface area contributed by atoms with E-state index in [0.717, 1.165) is 23.3 Å². The molecule has 2 rings (SSSR count). The molecule has 1 fully saturated rings. The Hall–Kier alpha value is -2.05. The molecule has 1 heterocycles. The first-order chi connectivity index (χ1) is 9.67. The van der Waals surface area contributed by atoms with Gasteiger partial charge in [-0.2, -0.15) is 0 Å². The van der Waals surface area contributed by atoms with E-state index >= 15 is 0 Å². The maximum Gasteiger partial charge on any atom is 0.416 e. The number of nitrogens with one attached hydrogen (secondary N) is 1. The SMILES string of the molecule is CC1CC(NC(=O)OC(C)(C)C)C1.O=C(O)n1ccnc1.[HH]. The highest BCUT2D eigenvalue weighted by Crippen LogP contribution is 2.26. The van der Waals surface area contributed by atoms with Crippen molar-refractivity contribution >= 4 is 12.2 Å². The highest BCUT2D eigenvalue weighted by molar-refractivity contribution is 5.68. The summed E-state index contributed by atoms with van der Waals surface area (Å²) in [6.07, 6.45) is 4.86. The summed E-state index contributed by atoms with van der Waals surface area (Å²) < 4.78 is 6.10. The Labute approximate surface area is 125 Å². The Morgan fingerprint density at radius 2 is 2.05 bits per heavy atom. The molecule has 2 N–H and O–H groups in total. The fourth-order valence-electron chi connectivity index (χ4n) is 1.87. The summed E-state index contributed by atoms with van der Waals surface area (Å²) >= 11 is 0. The molecule has 1 aromatic rings. The molecule has 0 bridgehead atoms. The summed E-state index contributed by atoms with van der Waals surface area (Å²) in [7, 11) is 0. The van der Waals surface area contributed by atoms with Gasteiger partial charge in [-0.05, 0) is 39.5 Å². The second-order valence-electron chi connectivity index (χ2n) is 6.17. The molecule has 1 amide bonds. The van der Waals surface area contributed by atoms with E-state index in [4.69, 9.17) is 9.84 Å². The van der Waals surface area contributed by atoms with Crippen LogP contribution in [-0.4, -0.2) is 38.5 Å². The summed E-state index contributed by atoms with van der Waals surface area (Å²) in [6.45, 7) is 7.80. The third-order valence-electron chi connectivity index (χ3n) is 2.82. The second kappa shape index (κ2) is 7.10. The van der Waals surface area contributed by atoms with Crippen LogP contribution in [0, 0.1) is 5.92 Å². The average molecular weight is 299 g/mol. The summed E-state index contributed by atoms with van der Waals surface area (Å²) in [5.41, 5.74) is -0.389. The predicted molar refractivity (Wildman–Crippen MR) is 79.3 cm³/mol. The molecular weight excluding hydrogens is 274 g/mol. The second-order valence-corrected chi connectivity index (χ2v) is 6.17. The van der Waals surface area contributed by atoms with E-state index in [1.807, 2.05) is 20.8 Å². The third-order valence-corrected chi connectivity index (χ3v) is 2.82. The number of amides is 1. The maximum absolute atomic E-state index is 11.2. The molecule has 7 heteroatoms. The van der Waals surface area contributed by atoms with Gasteiger partial charge >= 0.3 is 12.2 Å². The van der Waals surface area contributed by atoms with Crippen LogP contribution in [0.1, 0.15) is 42.0 Å². The van der Waals surface area contributed by atoms with Crippen molar-refractivity contribution in [3.63, 3.8) is 0 Å². The van der Waals surface area contributed by atoms with Crippen molar-refractivity contribution in [2.45, 2.75) is 52.2 Å². The lowest BCUT2D eigenvalue weighted by atomic mass is 9.82. The standard InChI is InChI=1S/C10H19NO2.C4H4N2O2.H2/c1-7-5-8(6-7)11-9(12)13-10(2,3)4;7-4(8)6-2-1-5-3-6;/h7-8H,5-6H2,1-4H3,(H,11,12);1-3H,(H,7,8);1H. The number of rotatable bonds is 1. The van der Waals surface area contributed by atoms with Crippen LogP contribution in [0.4, 0.5) is 9.59 Å². The van der Waals surface area contributed by atoms with Crippen molar-refractivity contribution in [3.05, 3.63) is 18.7 Å². The van der Waals surface area contributed by atoms with E-state index in [1.54, 1.807) is 0 Å². The predicted octanol–water partition coefficient (Wildman–Crippen LogP) is 2.96. The molecule has 7 nitrogen and oxygen atoms in total. The molecule has 21 heavy (non-hydrogen) atoms. The molecule has 1 aromatic heterocycles. The minimum atomic E-state index is -1.01. The molecule has 0 aromatic carbocycles. The highest BCUT2D eigenvalue weighted by Gasteiger charge is 2.28. The highest BCUT2D eigenvalue weighted by atomic mass is 16.6. The lowest BCUT2D eigenvalue weighted by Crippen LogP contribution is -2.45. The number of nitrogens with zero attached hydrogens (tertiary/aromatic N) is 2. The van der Waals surface area contributed by atoms with Crippen molar-refractivity contribution < 1.29 is 20.9 Å². The number of alkyl carbamates (subject to hydrolysis) is 1. The van der Waals surface area contributed by atoms with Crippen molar-refractivity contribution in [3.8, 4) is 0 Å². The van der Waals surface area contributed by atoms with Gasteiger partial charge in [-0.1, -0.05) is 6.92 Å². The van der Waals surface area contributed by atoms with Crippen LogP contribution < -0.4 is 5.32 Å². The largest absolute Gasteiger partial charge is 0.464 e. The van der Waals surface area contributed by atoms with E-state index in [1.165, 1.54) is 18.7 Å². The maximum atomic E-state index is 11.2. The molecule has 1 saturated carbocycles. The summed E-state index contributed by atoms with van der Waals surface area (Å²) in [5, 5.41) is 11.0. The monoisotopic (exact) mass is 299 g/mol. The van der Waals surface area contributed by atoms with E-state index < -0.39 is 6.09 Å². The van der Waals surface area contributed by atoms with Crippen LogP contribution in [0.15, 0.2) is 18.7 Å². The number of aromatic nitrogens is 2. The smallest absolute Gasteiger partial charge is 0.416 e. The Morgan fingerprint density at radius 3 is 2.38 bits per heavy atom. The lowest BCUT2D eigenvalue weighted by Gasteiger charge is -2.33. The van der Waals surface area contributed by atoms with Crippen LogP contribution in [0.25, 0.3) is 0 Å². The van der Waals surface area contributed by atoms with Crippen molar-refractivity contribution in [1.29, 1.82) is 0 Å². The first kappa shape index (κ1) is 17.0. The summed E-state index contributed by atoms with van der Waals surface area (Å²) in [4.78, 5) is 24.7. The number of carbonyl (C=O) groups excluding carboxylic acids is 1. The van der Waals surface area contributed by atoms with Crippen molar-refractivity contribution in [1.82, 2.24) is 14.9 Å². The Morgan fingerprint density at radius 1 is 1.43 bits per heavy atom. The first-order valence-corrected chi connectivity index (χ1v) is 6.88. The number of imidazole rings is 1. The minimum Gasteiger partial charge on any atom is -0.464 e. The minimum absolute atomic E-state index is 0. The Kier molecular flexibility index (Phi) is 5.75. The van der Waals surface area contributed by atoms with Gasteiger partial charge in [0.25, 0.3) is 0 Å². The fraction of sp³-hybridized carbons (Fsp3) is 0.643. The van der Waals surface area contributed by atoms with Gasteiger partial charge in [-0.15, -0.1) is 0 Å². The summed E-state index contributed by atoms with van der Waals surface area (Å²) in [6, 6.07) is 0.338. The molecule has 0 saturated heterocycles. The lowest BCUT2D eigenvalue weighted by molar-refractivity contribution is 0.0458. The molecule has 120 valence electrons.